The van der Waals surface area contributed by atoms with E-state index in [9.17, 15) is 0 Å². The monoisotopic (exact) mass is 544 g/mol. The molecular formula is C40H36N2. The van der Waals surface area contributed by atoms with Gasteiger partial charge in [-0.15, -0.1) is 0 Å². The molecule has 0 aromatic heterocycles. The van der Waals surface area contributed by atoms with Crippen LogP contribution >= 0.6 is 0 Å². The van der Waals surface area contributed by atoms with Gasteiger partial charge in [-0.25, -0.2) is 0 Å². The van der Waals surface area contributed by atoms with Gasteiger partial charge in [0.25, 0.3) is 0 Å². The Bertz CT molecular complexity index is 1560. The summed E-state index contributed by atoms with van der Waals surface area (Å²) >= 11 is 0. The van der Waals surface area contributed by atoms with Gasteiger partial charge in [0.1, 0.15) is 0 Å². The van der Waals surface area contributed by atoms with Crippen molar-refractivity contribution >= 4 is 34.1 Å². The molecule has 6 rings (SSSR count). The van der Waals surface area contributed by atoms with Crippen molar-refractivity contribution in [3.63, 3.8) is 0 Å². The fourth-order valence-corrected chi connectivity index (χ4v) is 5.42. The lowest BCUT2D eigenvalue weighted by Gasteiger charge is -2.26. The van der Waals surface area contributed by atoms with Gasteiger partial charge in [0, 0.05) is 34.1 Å². The van der Waals surface area contributed by atoms with Crippen molar-refractivity contribution in [3.05, 3.63) is 169 Å². The van der Waals surface area contributed by atoms with Gasteiger partial charge in [0.15, 0.2) is 0 Å². The number of aryl methyl sites for hydroxylation is 2. The highest BCUT2D eigenvalue weighted by Crippen LogP contribution is 2.38. The molecule has 0 bridgehead atoms. The van der Waals surface area contributed by atoms with Gasteiger partial charge >= 0.3 is 0 Å². The lowest BCUT2D eigenvalue weighted by Crippen LogP contribution is -2.10. The number of hydrogen-bond acceptors (Lipinski definition) is 2. The molecule has 0 atom stereocenters. The second-order valence-corrected chi connectivity index (χ2v) is 10.5. The average molecular weight is 545 g/mol. The number of nitrogens with zero attached hydrogens (tertiary/aromatic N) is 2. The van der Waals surface area contributed by atoms with Crippen LogP contribution in [0.2, 0.25) is 0 Å². The van der Waals surface area contributed by atoms with E-state index in [-0.39, 0.29) is 0 Å². The van der Waals surface area contributed by atoms with Crippen LogP contribution in [0.25, 0.3) is 11.1 Å². The van der Waals surface area contributed by atoms with Crippen LogP contribution in [-0.4, -0.2) is 0 Å². The molecule has 2 heteroatoms. The van der Waals surface area contributed by atoms with E-state index in [1.807, 2.05) is 0 Å². The Hall–Kier alpha value is -5.08. The molecule has 0 unspecified atom stereocenters. The summed E-state index contributed by atoms with van der Waals surface area (Å²) in [6.07, 6.45) is 2.07. The Morgan fingerprint density at radius 2 is 0.571 bits per heavy atom. The van der Waals surface area contributed by atoms with Crippen LogP contribution in [0.3, 0.4) is 0 Å². The maximum absolute atomic E-state index is 2.31. The molecule has 2 nitrogen and oxygen atoms in total. The molecule has 6 aromatic carbocycles. The number of benzene rings is 6. The smallest absolute Gasteiger partial charge is 0.0462 e. The lowest BCUT2D eigenvalue weighted by molar-refractivity contribution is 1.14. The zero-order valence-electron chi connectivity index (χ0n) is 24.3. The average Bonchev–Trinajstić information content (AvgIpc) is 3.07. The first kappa shape index (κ1) is 27.1. The van der Waals surface area contributed by atoms with Gasteiger partial charge in [-0.2, -0.15) is 0 Å². The molecule has 0 aliphatic rings. The van der Waals surface area contributed by atoms with E-state index >= 15 is 0 Å². The topological polar surface area (TPSA) is 6.48 Å². The highest BCUT2D eigenvalue weighted by molar-refractivity contribution is 5.80. The molecule has 0 aliphatic carbocycles. The first-order valence-electron chi connectivity index (χ1n) is 14.8. The van der Waals surface area contributed by atoms with Crippen molar-refractivity contribution in [1.29, 1.82) is 0 Å². The Balaban J connectivity index is 1.30. The molecule has 0 spiro atoms. The largest absolute Gasteiger partial charge is 0.311 e. The normalized spacial score (nSPS) is 10.8. The van der Waals surface area contributed by atoms with Crippen molar-refractivity contribution in [3.8, 4) is 11.1 Å². The van der Waals surface area contributed by atoms with Gasteiger partial charge in [-0.05, 0) is 108 Å². The van der Waals surface area contributed by atoms with Crippen molar-refractivity contribution < 1.29 is 0 Å². The van der Waals surface area contributed by atoms with Crippen LogP contribution in [0.4, 0.5) is 34.1 Å². The molecule has 0 saturated heterocycles. The summed E-state index contributed by atoms with van der Waals surface area (Å²) in [5.74, 6) is 0. The molecule has 206 valence electrons. The first-order valence-corrected chi connectivity index (χ1v) is 14.8. The van der Waals surface area contributed by atoms with Gasteiger partial charge in [-0.3, -0.25) is 0 Å². The number of para-hydroxylation sites is 2. The molecule has 0 saturated carbocycles. The van der Waals surface area contributed by atoms with E-state index in [1.165, 1.54) is 22.3 Å². The lowest BCUT2D eigenvalue weighted by atomic mass is 10.0. The Labute approximate surface area is 250 Å². The minimum atomic E-state index is 1.04. The fourth-order valence-electron chi connectivity index (χ4n) is 5.42. The van der Waals surface area contributed by atoms with Gasteiger partial charge < -0.3 is 9.80 Å². The Morgan fingerprint density at radius 3 is 0.857 bits per heavy atom. The molecular weight excluding hydrogens is 508 g/mol. The minimum absolute atomic E-state index is 1.04. The van der Waals surface area contributed by atoms with E-state index in [0.29, 0.717) is 0 Å². The summed E-state index contributed by atoms with van der Waals surface area (Å²) in [6.45, 7) is 4.39. The molecule has 0 radical (unpaired) electrons. The molecule has 0 N–H and O–H groups in total. The molecule has 0 fully saturated rings. The van der Waals surface area contributed by atoms with Crippen LogP contribution in [0.5, 0.6) is 0 Å². The molecule has 0 heterocycles. The van der Waals surface area contributed by atoms with Crippen molar-refractivity contribution in [2.75, 3.05) is 9.80 Å². The van der Waals surface area contributed by atoms with Crippen LogP contribution in [0.1, 0.15) is 25.0 Å². The van der Waals surface area contributed by atoms with Crippen molar-refractivity contribution in [2.45, 2.75) is 26.7 Å². The standard InChI is InChI=1S/C40H36N2/c1-3-31-15-23-37(24-16-31)41(35-11-7-5-8-12-35)39-27-19-33(20-28-39)34-21-29-40(30-22-34)42(36-13-9-6-10-14-36)38-25-17-32(4-2)18-26-38/h5-30H,3-4H2,1-2H3. The van der Waals surface area contributed by atoms with Gasteiger partial charge in [0.05, 0.1) is 0 Å². The molecule has 0 amide bonds. The number of rotatable bonds is 9. The highest BCUT2D eigenvalue weighted by Gasteiger charge is 2.14. The predicted octanol–water partition coefficient (Wildman–Crippen LogP) is 11.4. The van der Waals surface area contributed by atoms with E-state index in [2.05, 4.69) is 181 Å². The SMILES string of the molecule is CCc1ccc(N(c2ccccc2)c2ccc(-c3ccc(N(c4ccccc4)c4ccc(CC)cc4)cc3)cc2)cc1. The third-order valence-corrected chi connectivity index (χ3v) is 7.82. The third kappa shape index (κ3) is 5.84. The summed E-state index contributed by atoms with van der Waals surface area (Å²) in [6, 6.07) is 56.6. The van der Waals surface area contributed by atoms with E-state index < -0.39 is 0 Å². The molecule has 6 aromatic rings. The van der Waals surface area contributed by atoms with Crippen LogP contribution in [0, 0.1) is 0 Å². The predicted molar refractivity (Wildman–Crippen MR) is 180 cm³/mol. The van der Waals surface area contributed by atoms with E-state index in [1.54, 1.807) is 0 Å². The van der Waals surface area contributed by atoms with Crippen LogP contribution < -0.4 is 9.80 Å². The summed E-state index contributed by atoms with van der Waals surface area (Å²) in [4.78, 5) is 4.63. The Morgan fingerprint density at radius 1 is 0.310 bits per heavy atom. The maximum Gasteiger partial charge on any atom is 0.0462 e. The second-order valence-electron chi connectivity index (χ2n) is 10.5. The highest BCUT2D eigenvalue weighted by atomic mass is 15.1. The third-order valence-electron chi connectivity index (χ3n) is 7.82. The number of hydrogen-bond donors (Lipinski definition) is 0. The Kier molecular flexibility index (Phi) is 8.14. The first-order chi connectivity index (χ1) is 20.7. The summed E-state index contributed by atoms with van der Waals surface area (Å²) < 4.78 is 0. The summed E-state index contributed by atoms with van der Waals surface area (Å²) in [5.41, 5.74) is 11.9. The second kappa shape index (κ2) is 12.6. The molecule has 0 aliphatic heterocycles. The zero-order chi connectivity index (χ0) is 28.7. The minimum Gasteiger partial charge on any atom is -0.311 e. The summed E-state index contributed by atoms with van der Waals surface area (Å²) in [7, 11) is 0. The maximum atomic E-state index is 2.31. The van der Waals surface area contributed by atoms with Gasteiger partial charge in [-0.1, -0.05) is 98.8 Å². The van der Waals surface area contributed by atoms with Crippen molar-refractivity contribution in [2.24, 2.45) is 0 Å². The fraction of sp³-hybridized carbons (Fsp3) is 0.100. The summed E-state index contributed by atoms with van der Waals surface area (Å²) in [5, 5.41) is 0. The van der Waals surface area contributed by atoms with Crippen molar-refractivity contribution in [1.82, 2.24) is 0 Å². The zero-order valence-corrected chi connectivity index (χ0v) is 24.3. The number of anilines is 6. The van der Waals surface area contributed by atoms with Crippen LogP contribution in [-0.2, 0) is 12.8 Å². The van der Waals surface area contributed by atoms with Gasteiger partial charge in [0.2, 0.25) is 0 Å². The molecule has 42 heavy (non-hydrogen) atoms. The quantitative estimate of drug-likeness (QED) is 0.179. The van der Waals surface area contributed by atoms with Crippen LogP contribution in [0.15, 0.2) is 158 Å². The van der Waals surface area contributed by atoms with E-state index in [4.69, 9.17) is 0 Å². The van der Waals surface area contributed by atoms with E-state index in [0.717, 1.165) is 47.0 Å².